The van der Waals surface area contributed by atoms with Crippen LogP contribution in [0.25, 0.3) is 0 Å². The van der Waals surface area contributed by atoms with Crippen molar-refractivity contribution in [2.75, 3.05) is 33.2 Å². The maximum Gasteiger partial charge on any atom is 0.418 e. The van der Waals surface area contributed by atoms with Crippen LogP contribution in [-0.2, 0) is 14.7 Å². The molecule has 122 valence electrons. The van der Waals surface area contributed by atoms with E-state index >= 15 is 0 Å². The van der Waals surface area contributed by atoms with Gasteiger partial charge in [0.1, 0.15) is 5.84 Å². The number of hydroxylamine groups is 2. The number of piperazine rings is 1. The van der Waals surface area contributed by atoms with Crippen LogP contribution in [0.4, 0.5) is 0 Å². The Bertz CT molecular complexity index is 526. The maximum atomic E-state index is 10.8. The zero-order valence-electron chi connectivity index (χ0n) is 11.9. The van der Waals surface area contributed by atoms with Crippen LogP contribution in [0.5, 0.6) is 0 Å². The van der Waals surface area contributed by atoms with Gasteiger partial charge >= 0.3 is 10.4 Å². The van der Waals surface area contributed by atoms with E-state index in [4.69, 9.17) is 10.3 Å². The molecule has 1 unspecified atom stereocenters. The van der Waals surface area contributed by atoms with Gasteiger partial charge in [0.2, 0.25) is 6.29 Å². The second-order valence-electron chi connectivity index (χ2n) is 4.81. The molecule has 1 atom stereocenters. The van der Waals surface area contributed by atoms with E-state index in [1.807, 2.05) is 0 Å². The quantitative estimate of drug-likeness (QED) is 0.556. The largest absolute Gasteiger partial charge is 0.418 e. The van der Waals surface area contributed by atoms with Crippen molar-refractivity contribution < 1.29 is 22.7 Å². The Balaban J connectivity index is 0.00000220. The third-order valence-corrected chi connectivity index (χ3v) is 3.54. The standard InChI is InChI=1S/C10H19N5O4S.H2O/c1-8-7-9(14-5-3-13(2)4-6-14)12-10(11)15(8)19-20(16,17)18;/h7,10H,3-6,11H2,1-2H3,(H,16,17,18);1H2. The van der Waals surface area contributed by atoms with E-state index in [1.54, 1.807) is 13.0 Å². The van der Waals surface area contributed by atoms with Crippen LogP contribution < -0.4 is 5.73 Å². The Morgan fingerprint density at radius 3 is 2.43 bits per heavy atom. The molecule has 2 heterocycles. The van der Waals surface area contributed by atoms with Crippen LogP contribution >= 0.6 is 0 Å². The highest BCUT2D eigenvalue weighted by Gasteiger charge is 2.27. The summed E-state index contributed by atoms with van der Waals surface area (Å²) in [5, 5.41) is 0.856. The number of amidine groups is 1. The third kappa shape index (κ3) is 4.62. The summed E-state index contributed by atoms with van der Waals surface area (Å²) in [5.41, 5.74) is 6.22. The number of hydrogen-bond acceptors (Lipinski definition) is 8. The highest BCUT2D eigenvalue weighted by atomic mass is 32.3. The lowest BCUT2D eigenvalue weighted by Gasteiger charge is -2.37. The van der Waals surface area contributed by atoms with E-state index in [-0.39, 0.29) is 5.48 Å². The van der Waals surface area contributed by atoms with Crippen LogP contribution in [0.1, 0.15) is 6.92 Å². The SMILES string of the molecule is CC1=CC(N2CCN(C)CC2)=NC(N)N1OS(=O)(=O)O.O. The lowest BCUT2D eigenvalue weighted by atomic mass is 10.2. The maximum absolute atomic E-state index is 10.8. The van der Waals surface area contributed by atoms with Gasteiger partial charge in [0, 0.05) is 38.0 Å². The molecule has 0 bridgehead atoms. The molecule has 21 heavy (non-hydrogen) atoms. The van der Waals surface area contributed by atoms with Gasteiger partial charge in [-0.2, -0.15) is 8.42 Å². The molecule has 10 nitrogen and oxygen atoms in total. The molecule has 0 aliphatic carbocycles. The fourth-order valence-corrected chi connectivity index (χ4v) is 2.51. The molecule has 11 heteroatoms. The Morgan fingerprint density at radius 1 is 1.38 bits per heavy atom. The monoisotopic (exact) mass is 323 g/mol. The molecule has 2 aliphatic rings. The lowest BCUT2D eigenvalue weighted by Crippen LogP contribution is -2.50. The van der Waals surface area contributed by atoms with Crippen molar-refractivity contribution in [3.8, 4) is 0 Å². The molecule has 5 N–H and O–H groups in total. The van der Waals surface area contributed by atoms with Gasteiger partial charge in [-0.15, -0.1) is 4.28 Å². The minimum atomic E-state index is -4.62. The van der Waals surface area contributed by atoms with E-state index in [1.165, 1.54) is 0 Å². The predicted octanol–water partition coefficient (Wildman–Crippen LogP) is -2.00. The first-order valence-electron chi connectivity index (χ1n) is 6.18. The van der Waals surface area contributed by atoms with Crippen molar-refractivity contribution in [1.29, 1.82) is 0 Å². The molecule has 1 saturated heterocycles. The minimum absolute atomic E-state index is 0. The number of rotatable bonds is 2. The number of nitrogens with zero attached hydrogens (tertiary/aromatic N) is 4. The molecule has 0 spiro atoms. The van der Waals surface area contributed by atoms with Crippen molar-refractivity contribution in [1.82, 2.24) is 14.9 Å². The average molecular weight is 323 g/mol. The Labute approximate surface area is 123 Å². The van der Waals surface area contributed by atoms with E-state index in [0.717, 1.165) is 31.2 Å². The fraction of sp³-hybridized carbons (Fsp3) is 0.700. The number of likely N-dealkylation sites (N-methyl/N-ethyl adjacent to an activating group) is 1. The number of allylic oxidation sites excluding steroid dienone is 1. The average Bonchev–Trinajstić information content (AvgIpc) is 2.33. The normalized spacial score (nSPS) is 24.3. The first-order chi connectivity index (χ1) is 9.26. The molecule has 0 amide bonds. The van der Waals surface area contributed by atoms with Crippen molar-refractivity contribution in [3.05, 3.63) is 11.8 Å². The zero-order valence-corrected chi connectivity index (χ0v) is 12.7. The molecule has 1 fully saturated rings. The van der Waals surface area contributed by atoms with Crippen LogP contribution in [0.3, 0.4) is 0 Å². The first-order valence-corrected chi connectivity index (χ1v) is 7.54. The molecule has 0 aromatic carbocycles. The smallest absolute Gasteiger partial charge is 0.412 e. The van der Waals surface area contributed by atoms with E-state index in [9.17, 15) is 8.42 Å². The summed E-state index contributed by atoms with van der Waals surface area (Å²) in [7, 11) is -2.57. The molecular formula is C10H21N5O5S. The van der Waals surface area contributed by atoms with Gasteiger partial charge < -0.3 is 15.3 Å². The van der Waals surface area contributed by atoms with Crippen LogP contribution in [0, 0.1) is 0 Å². The summed E-state index contributed by atoms with van der Waals surface area (Å²) in [6, 6.07) is 0. The summed E-state index contributed by atoms with van der Waals surface area (Å²) < 4.78 is 34.6. The first kappa shape index (κ1) is 17.8. The second-order valence-corrected chi connectivity index (χ2v) is 5.81. The van der Waals surface area contributed by atoms with Crippen molar-refractivity contribution in [2.45, 2.75) is 13.2 Å². The fourth-order valence-electron chi connectivity index (χ4n) is 2.10. The van der Waals surface area contributed by atoms with Gasteiger partial charge in [-0.25, -0.2) is 10.1 Å². The van der Waals surface area contributed by atoms with E-state index < -0.39 is 16.7 Å². The molecule has 0 aromatic heterocycles. The second kappa shape index (κ2) is 6.68. The van der Waals surface area contributed by atoms with Crippen LogP contribution in [0.2, 0.25) is 0 Å². The summed E-state index contributed by atoms with van der Waals surface area (Å²) in [5.74, 6) is 0.693. The number of hydrogen-bond donors (Lipinski definition) is 2. The summed E-state index contributed by atoms with van der Waals surface area (Å²) in [4.78, 5) is 8.49. The van der Waals surface area contributed by atoms with Gasteiger partial charge in [-0.1, -0.05) is 0 Å². The zero-order chi connectivity index (χ0) is 14.9. The molecule has 0 aromatic rings. The van der Waals surface area contributed by atoms with Crippen LogP contribution in [0.15, 0.2) is 16.8 Å². The van der Waals surface area contributed by atoms with Crippen molar-refractivity contribution in [2.24, 2.45) is 10.7 Å². The Kier molecular flexibility index (Phi) is 5.67. The molecule has 2 aliphatic heterocycles. The molecule has 0 saturated carbocycles. The summed E-state index contributed by atoms with van der Waals surface area (Å²) in [6.45, 7) is 5.13. The topological polar surface area (TPSA) is 143 Å². The minimum Gasteiger partial charge on any atom is -0.412 e. The van der Waals surface area contributed by atoms with Crippen LogP contribution in [-0.4, -0.2) is 78.7 Å². The van der Waals surface area contributed by atoms with Gasteiger partial charge in [-0.05, 0) is 14.0 Å². The molecule has 0 radical (unpaired) electrons. The van der Waals surface area contributed by atoms with E-state index in [0.29, 0.717) is 11.5 Å². The molecular weight excluding hydrogens is 302 g/mol. The summed E-state index contributed by atoms with van der Waals surface area (Å²) in [6.07, 6.45) is 0.663. The van der Waals surface area contributed by atoms with Gasteiger partial charge in [0.25, 0.3) is 0 Å². The molecule has 2 rings (SSSR count). The number of nitrogens with two attached hydrogens (primary N) is 1. The van der Waals surface area contributed by atoms with Crippen molar-refractivity contribution >= 4 is 16.2 Å². The van der Waals surface area contributed by atoms with Gasteiger partial charge in [-0.3, -0.25) is 10.3 Å². The Morgan fingerprint density at radius 2 is 1.95 bits per heavy atom. The van der Waals surface area contributed by atoms with Crippen molar-refractivity contribution in [3.63, 3.8) is 0 Å². The van der Waals surface area contributed by atoms with E-state index in [2.05, 4.69) is 26.1 Å². The van der Waals surface area contributed by atoms with Gasteiger partial charge in [0.15, 0.2) is 0 Å². The Hall–Kier alpha value is -1.24. The van der Waals surface area contributed by atoms with Gasteiger partial charge in [0.05, 0.1) is 0 Å². The number of aliphatic imine (C=N–C) groups is 1. The highest BCUT2D eigenvalue weighted by molar-refractivity contribution is 7.80. The third-order valence-electron chi connectivity index (χ3n) is 3.19. The lowest BCUT2D eigenvalue weighted by molar-refractivity contribution is -0.0614. The highest BCUT2D eigenvalue weighted by Crippen LogP contribution is 2.17. The predicted molar refractivity (Wildman–Crippen MR) is 76.3 cm³/mol. The summed E-state index contributed by atoms with van der Waals surface area (Å²) >= 11 is 0.